The fraction of sp³-hybridized carbons (Fsp3) is 0.625. The van der Waals surface area contributed by atoms with Crippen molar-refractivity contribution in [1.82, 2.24) is 4.90 Å². The van der Waals surface area contributed by atoms with Gasteiger partial charge in [-0.05, 0) is 44.4 Å². The molecule has 19 heavy (non-hydrogen) atoms. The largest absolute Gasteiger partial charge is 0.497 e. The van der Waals surface area contributed by atoms with E-state index in [4.69, 9.17) is 26.4 Å². The lowest BCUT2D eigenvalue weighted by Crippen LogP contribution is -2.43. The molecule has 2 rings (SSSR count). The maximum Gasteiger partial charge on any atom is 0.211 e. The molecule has 1 fully saturated rings. The second-order valence-corrected chi connectivity index (χ2v) is 4.74. The Morgan fingerprint density at radius 3 is 3.32 bits per heavy atom. The molecule has 0 amide bonds. The molecule has 1 aliphatic carbocycles. The Balaban J connectivity index is 2.60. The van der Waals surface area contributed by atoms with Crippen LogP contribution in [0.15, 0.2) is 24.3 Å². The fourth-order valence-electron chi connectivity index (χ4n) is 2.54. The second-order valence-electron chi connectivity index (χ2n) is 4.74. The molecule has 0 heterocycles. The first kappa shape index (κ1) is 5.38. The molecule has 3 heteroatoms. The van der Waals surface area contributed by atoms with Crippen LogP contribution in [0, 0.1) is 5.92 Å². The van der Waals surface area contributed by atoms with Gasteiger partial charge in [-0.2, -0.15) is 0 Å². The summed E-state index contributed by atoms with van der Waals surface area (Å²) < 4.78 is 97.3. The van der Waals surface area contributed by atoms with Crippen LogP contribution in [0.25, 0.3) is 0 Å². The Labute approximate surface area is 133 Å². The molecule has 0 aliphatic heterocycles. The minimum atomic E-state index is -2.99. The number of ether oxygens (including phenoxy) is 1. The van der Waals surface area contributed by atoms with Crippen molar-refractivity contribution in [2.45, 2.75) is 31.2 Å². The van der Waals surface area contributed by atoms with Crippen molar-refractivity contribution in [3.63, 3.8) is 0 Å². The van der Waals surface area contributed by atoms with E-state index in [1.54, 1.807) is 0 Å². The third kappa shape index (κ3) is 3.10. The van der Waals surface area contributed by atoms with Crippen LogP contribution in [0.2, 0.25) is 0 Å². The average molecular weight is 275 g/mol. The summed E-state index contributed by atoms with van der Waals surface area (Å²) >= 11 is 0. The third-order valence-corrected chi connectivity index (χ3v) is 3.48. The van der Waals surface area contributed by atoms with Gasteiger partial charge in [0.15, 0.2) is 0 Å². The molecular formula is C16H25NO2. The van der Waals surface area contributed by atoms with Crippen molar-refractivity contribution in [1.29, 1.82) is 1.43 Å². The monoisotopic (exact) mass is 275 g/mol. The van der Waals surface area contributed by atoms with E-state index in [0.717, 1.165) is 0 Å². The molecule has 1 aromatic rings. The summed E-state index contributed by atoms with van der Waals surface area (Å²) in [6, 6.07) is 5.40. The third-order valence-electron chi connectivity index (χ3n) is 3.48. The Kier molecular flexibility index (Phi) is 1.68. The molecule has 1 N–H and O–H groups in total. The predicted molar refractivity (Wildman–Crippen MR) is 77.4 cm³/mol. The van der Waals surface area contributed by atoms with E-state index in [-0.39, 0.29) is 24.2 Å². The van der Waals surface area contributed by atoms with Crippen LogP contribution >= 0.6 is 0 Å². The van der Waals surface area contributed by atoms with Gasteiger partial charge in [-0.1, -0.05) is 25.0 Å². The smallest absolute Gasteiger partial charge is 0.211 e. The number of nitrogens with zero attached hydrogens (tertiary/aromatic N) is 1. The zero-order valence-corrected chi connectivity index (χ0v) is 10.5. The first-order valence-corrected chi connectivity index (χ1v) is 6.16. The van der Waals surface area contributed by atoms with Gasteiger partial charge in [0, 0.05) is 23.4 Å². The van der Waals surface area contributed by atoms with Crippen LogP contribution < -0.4 is 4.74 Å². The Bertz CT molecular complexity index is 746. The number of methoxy groups -OCH3 is 1. The fourth-order valence-corrected chi connectivity index (χ4v) is 2.54. The van der Waals surface area contributed by atoms with E-state index in [9.17, 15) is 0 Å². The topological polar surface area (TPSA) is 32.7 Å². The average Bonchev–Trinajstić information content (AvgIpc) is 2.56. The minimum Gasteiger partial charge on any atom is -0.497 e. The van der Waals surface area contributed by atoms with Crippen molar-refractivity contribution < 1.29 is 24.9 Å². The van der Waals surface area contributed by atoms with Crippen LogP contribution in [0.1, 0.15) is 46.3 Å². The maximum atomic E-state index is 8.58. The lowest BCUT2D eigenvalue weighted by atomic mass is 9.71. The van der Waals surface area contributed by atoms with Crippen molar-refractivity contribution >= 4 is 0 Å². The van der Waals surface area contributed by atoms with Crippen LogP contribution in [0.5, 0.6) is 5.75 Å². The van der Waals surface area contributed by atoms with Crippen LogP contribution in [0.4, 0.5) is 0 Å². The van der Waals surface area contributed by atoms with Gasteiger partial charge in [0.1, 0.15) is 5.75 Å². The number of hydrogen-bond acceptors (Lipinski definition) is 3. The van der Waals surface area contributed by atoms with Gasteiger partial charge in [-0.25, -0.2) is 0 Å². The highest BCUT2D eigenvalue weighted by molar-refractivity contribution is 5.33. The predicted octanol–water partition coefficient (Wildman–Crippen LogP) is 2.63. The summed E-state index contributed by atoms with van der Waals surface area (Å²) in [5.41, 5.74) is -1.98. The first-order chi connectivity index (χ1) is 13.9. The summed E-state index contributed by atoms with van der Waals surface area (Å²) in [4.78, 5) is 0.322. The van der Waals surface area contributed by atoms with E-state index in [1.165, 1.54) is 24.3 Å². The van der Waals surface area contributed by atoms with Crippen molar-refractivity contribution in [2.75, 3.05) is 27.5 Å². The first-order valence-electron chi connectivity index (χ1n) is 12.1. The molecule has 1 aromatic carbocycles. The van der Waals surface area contributed by atoms with E-state index in [0.29, 0.717) is 11.3 Å². The molecule has 2 atom stereocenters. The van der Waals surface area contributed by atoms with Crippen molar-refractivity contribution in [2.24, 2.45) is 5.92 Å². The lowest BCUT2D eigenvalue weighted by Gasteiger charge is -2.41. The molecule has 3 nitrogen and oxygen atoms in total. The van der Waals surface area contributed by atoms with Gasteiger partial charge in [-0.15, -0.1) is 0 Å². The Morgan fingerprint density at radius 2 is 2.53 bits per heavy atom. The normalized spacial score (nSPS) is 41.4. The summed E-state index contributed by atoms with van der Waals surface area (Å²) in [6.45, 7) is -6.57. The number of hydrogen-bond donors (Lipinski definition) is 1. The minimum absolute atomic E-state index is 0.0196. The molecular weight excluding hydrogens is 238 g/mol. The lowest BCUT2D eigenvalue weighted by molar-refractivity contribution is -0.0619. The maximum absolute atomic E-state index is 8.58. The zero-order valence-electron chi connectivity index (χ0n) is 22.5. The SMILES string of the molecule is [2H]O[C@]1(c2cccc(OC([2H])([2H])[2H])c2)[C@H](CN(C([2H])([2H])[2H])C([2H])([2H])[2H])CCCC1([2H])[2H]. The van der Waals surface area contributed by atoms with E-state index in [1.807, 2.05) is 0 Å². The van der Waals surface area contributed by atoms with Gasteiger partial charge in [-0.3, -0.25) is 0 Å². The number of aliphatic hydroxyl groups is 1. The van der Waals surface area contributed by atoms with E-state index < -0.39 is 45.4 Å². The van der Waals surface area contributed by atoms with Gasteiger partial charge < -0.3 is 14.7 Å². The molecule has 0 aromatic heterocycles. The Morgan fingerprint density at radius 1 is 1.58 bits per heavy atom. The number of benzene rings is 1. The number of rotatable bonds is 5. The summed E-state index contributed by atoms with van der Waals surface area (Å²) in [5.74, 6) is -1.14. The zero-order chi connectivity index (χ0) is 23.9. The quantitative estimate of drug-likeness (QED) is 0.896. The van der Waals surface area contributed by atoms with Crippen molar-refractivity contribution in [3.8, 4) is 5.75 Å². The molecule has 1 saturated carbocycles. The van der Waals surface area contributed by atoms with Gasteiger partial charge in [0.05, 0.1) is 16.8 Å². The van der Waals surface area contributed by atoms with Crippen molar-refractivity contribution in [3.05, 3.63) is 29.8 Å². The molecule has 0 unspecified atom stereocenters. The molecule has 0 bridgehead atoms. The standard InChI is InChI=1S/C16H25NO2/c1-17(2)12-14-7-4-5-10-16(14,18)13-8-6-9-15(11-13)19-3/h6,8-9,11,14,18H,4-5,7,10,12H2,1-3H3/t14-,16+/m0/s1/i1D3,2D3,3D3,10D2,18D. The molecule has 0 radical (unpaired) electrons. The summed E-state index contributed by atoms with van der Waals surface area (Å²) in [7, 11) is -2.77. The summed E-state index contributed by atoms with van der Waals surface area (Å²) in [6.07, 6.45) is -1.67. The van der Waals surface area contributed by atoms with Crippen LogP contribution in [-0.4, -0.2) is 39.0 Å². The van der Waals surface area contributed by atoms with Crippen LogP contribution in [0.3, 0.4) is 0 Å². The highest BCUT2D eigenvalue weighted by Gasteiger charge is 2.40. The highest BCUT2D eigenvalue weighted by atomic mass is 16.5. The second kappa shape index (κ2) is 5.93. The van der Waals surface area contributed by atoms with Gasteiger partial charge >= 0.3 is 0 Å². The summed E-state index contributed by atoms with van der Waals surface area (Å²) in [5, 5.41) is 4.99. The van der Waals surface area contributed by atoms with E-state index >= 15 is 0 Å². The molecule has 106 valence electrons. The molecule has 0 spiro atoms. The Hall–Kier alpha value is -1.06. The van der Waals surface area contributed by atoms with Gasteiger partial charge in [0.25, 0.3) is 0 Å². The van der Waals surface area contributed by atoms with Gasteiger partial charge in [0.2, 0.25) is 1.43 Å². The van der Waals surface area contributed by atoms with Crippen LogP contribution in [-0.2, 0) is 5.60 Å². The molecule has 1 aliphatic rings. The van der Waals surface area contributed by atoms with E-state index in [2.05, 4.69) is 0 Å². The molecule has 0 saturated heterocycles. The highest BCUT2D eigenvalue weighted by Crippen LogP contribution is 2.42.